The molecule has 0 bridgehead atoms. The quantitative estimate of drug-likeness (QED) is 0.363. The van der Waals surface area contributed by atoms with Gasteiger partial charge in [0.1, 0.15) is 0 Å². The van der Waals surface area contributed by atoms with Crippen molar-refractivity contribution in [1.29, 1.82) is 0 Å². The Bertz CT molecular complexity index is 281. The maximum atomic E-state index is 10.6. The lowest BCUT2D eigenvalue weighted by Crippen LogP contribution is -2.30. The van der Waals surface area contributed by atoms with Crippen molar-refractivity contribution in [1.82, 2.24) is 5.32 Å². The van der Waals surface area contributed by atoms with Gasteiger partial charge < -0.3 is 11.1 Å². The van der Waals surface area contributed by atoms with E-state index in [9.17, 15) is 4.79 Å². The highest BCUT2D eigenvalue weighted by atomic mass is 16.2. The van der Waals surface area contributed by atoms with Gasteiger partial charge >= 0.3 is 6.03 Å². The van der Waals surface area contributed by atoms with Crippen LogP contribution in [-0.2, 0) is 0 Å². The normalized spacial score (nSPS) is 15.1. The van der Waals surface area contributed by atoms with E-state index < -0.39 is 6.03 Å². The standard InChI is InChI=1S/C20H42N2O/c1-5-6-7-10-17(2)11-8-12-18(3)13-9-14-19(4)15-16-22-20(21)23/h17-19H,5-16H2,1-4H3,(H3,21,22,23). The van der Waals surface area contributed by atoms with Crippen LogP contribution in [-0.4, -0.2) is 12.6 Å². The maximum Gasteiger partial charge on any atom is 0.312 e. The summed E-state index contributed by atoms with van der Waals surface area (Å²) in [6.07, 6.45) is 14.7. The molecule has 3 N–H and O–H groups in total. The zero-order valence-electron chi connectivity index (χ0n) is 16.2. The van der Waals surface area contributed by atoms with Crippen molar-refractivity contribution in [3.05, 3.63) is 0 Å². The summed E-state index contributed by atoms with van der Waals surface area (Å²) in [6, 6.07) is -0.408. The molecule has 0 fully saturated rings. The molecule has 0 radical (unpaired) electrons. The van der Waals surface area contributed by atoms with E-state index in [2.05, 4.69) is 33.0 Å². The van der Waals surface area contributed by atoms with Gasteiger partial charge in [-0.05, 0) is 24.2 Å². The Labute approximate surface area is 145 Å². The Morgan fingerprint density at radius 3 is 1.65 bits per heavy atom. The molecule has 3 nitrogen and oxygen atoms in total. The van der Waals surface area contributed by atoms with E-state index in [-0.39, 0.29) is 0 Å². The third kappa shape index (κ3) is 15.9. The van der Waals surface area contributed by atoms with Crippen LogP contribution in [0.1, 0.15) is 98.3 Å². The van der Waals surface area contributed by atoms with Crippen LogP contribution in [0, 0.1) is 17.8 Å². The van der Waals surface area contributed by atoms with Crippen LogP contribution in [0.3, 0.4) is 0 Å². The van der Waals surface area contributed by atoms with Gasteiger partial charge in [0.15, 0.2) is 0 Å². The molecule has 0 aromatic carbocycles. The molecule has 0 saturated carbocycles. The molecule has 0 heterocycles. The molecule has 2 amide bonds. The van der Waals surface area contributed by atoms with E-state index in [1.165, 1.54) is 64.2 Å². The van der Waals surface area contributed by atoms with E-state index in [4.69, 9.17) is 5.73 Å². The Hall–Kier alpha value is -0.730. The van der Waals surface area contributed by atoms with Crippen LogP contribution in [0.4, 0.5) is 4.79 Å². The summed E-state index contributed by atoms with van der Waals surface area (Å²) in [5.41, 5.74) is 5.07. The molecule has 0 rings (SSSR count). The summed E-state index contributed by atoms with van der Waals surface area (Å²) in [5.74, 6) is 2.44. The van der Waals surface area contributed by atoms with Crippen LogP contribution in [0.2, 0.25) is 0 Å². The van der Waals surface area contributed by atoms with Crippen LogP contribution >= 0.6 is 0 Å². The monoisotopic (exact) mass is 326 g/mol. The van der Waals surface area contributed by atoms with Crippen molar-refractivity contribution >= 4 is 6.03 Å². The van der Waals surface area contributed by atoms with Gasteiger partial charge in [-0.2, -0.15) is 0 Å². The van der Waals surface area contributed by atoms with Gasteiger partial charge in [0, 0.05) is 6.54 Å². The Kier molecular flexibility index (Phi) is 14.4. The molecule has 0 aliphatic heterocycles. The fraction of sp³-hybridized carbons (Fsp3) is 0.950. The topological polar surface area (TPSA) is 55.1 Å². The van der Waals surface area contributed by atoms with Crippen molar-refractivity contribution in [3.63, 3.8) is 0 Å². The molecular weight excluding hydrogens is 284 g/mol. The second-order valence-corrected chi connectivity index (χ2v) is 7.75. The lowest BCUT2D eigenvalue weighted by molar-refractivity contribution is 0.248. The van der Waals surface area contributed by atoms with Crippen molar-refractivity contribution in [2.75, 3.05) is 6.54 Å². The van der Waals surface area contributed by atoms with E-state index in [0.717, 1.165) is 18.3 Å². The van der Waals surface area contributed by atoms with Gasteiger partial charge in [0.25, 0.3) is 0 Å². The van der Waals surface area contributed by atoms with Gasteiger partial charge in [-0.15, -0.1) is 0 Å². The average Bonchev–Trinajstić information content (AvgIpc) is 2.47. The van der Waals surface area contributed by atoms with Crippen LogP contribution in [0.25, 0.3) is 0 Å². The third-order valence-corrected chi connectivity index (χ3v) is 5.02. The zero-order chi connectivity index (χ0) is 17.5. The van der Waals surface area contributed by atoms with Gasteiger partial charge in [0.2, 0.25) is 0 Å². The van der Waals surface area contributed by atoms with Crippen molar-refractivity contribution < 1.29 is 4.79 Å². The Morgan fingerprint density at radius 1 is 0.783 bits per heavy atom. The summed E-state index contributed by atoms with van der Waals surface area (Å²) in [6.45, 7) is 10.1. The van der Waals surface area contributed by atoms with Crippen molar-refractivity contribution in [2.45, 2.75) is 98.3 Å². The highest BCUT2D eigenvalue weighted by Gasteiger charge is 2.07. The van der Waals surface area contributed by atoms with E-state index in [0.29, 0.717) is 12.5 Å². The first-order chi connectivity index (χ1) is 11.0. The van der Waals surface area contributed by atoms with E-state index in [1.807, 2.05) is 0 Å². The minimum absolute atomic E-state index is 0.408. The molecule has 3 unspecified atom stereocenters. The van der Waals surface area contributed by atoms with Crippen LogP contribution < -0.4 is 11.1 Å². The van der Waals surface area contributed by atoms with Gasteiger partial charge in [0.05, 0.1) is 0 Å². The fourth-order valence-electron chi connectivity index (χ4n) is 3.25. The second kappa shape index (κ2) is 14.8. The van der Waals surface area contributed by atoms with Crippen molar-refractivity contribution in [2.24, 2.45) is 23.5 Å². The van der Waals surface area contributed by atoms with Crippen LogP contribution in [0.15, 0.2) is 0 Å². The molecule has 3 atom stereocenters. The van der Waals surface area contributed by atoms with Gasteiger partial charge in [-0.3, -0.25) is 0 Å². The Balaban J connectivity index is 3.48. The molecule has 3 heteroatoms. The number of unbranched alkanes of at least 4 members (excludes halogenated alkanes) is 2. The minimum atomic E-state index is -0.408. The lowest BCUT2D eigenvalue weighted by atomic mass is 9.91. The fourth-order valence-corrected chi connectivity index (χ4v) is 3.25. The number of carbonyl (C=O) groups is 1. The average molecular weight is 327 g/mol. The van der Waals surface area contributed by atoms with E-state index >= 15 is 0 Å². The molecule has 0 aliphatic rings. The first-order valence-corrected chi connectivity index (χ1v) is 9.99. The molecule has 0 aromatic rings. The number of hydrogen-bond acceptors (Lipinski definition) is 1. The summed E-state index contributed by atoms with van der Waals surface area (Å²) in [5, 5.41) is 2.67. The Morgan fingerprint density at radius 2 is 1.22 bits per heavy atom. The number of rotatable bonds is 15. The SMILES string of the molecule is CCCCCC(C)CCCC(C)CCCC(C)CCNC(N)=O. The van der Waals surface area contributed by atoms with E-state index in [1.54, 1.807) is 0 Å². The largest absolute Gasteiger partial charge is 0.352 e. The summed E-state index contributed by atoms with van der Waals surface area (Å²) < 4.78 is 0. The lowest BCUT2D eigenvalue weighted by Gasteiger charge is -2.16. The highest BCUT2D eigenvalue weighted by molar-refractivity contribution is 5.71. The molecule has 0 aromatic heterocycles. The minimum Gasteiger partial charge on any atom is -0.352 e. The molecule has 138 valence electrons. The predicted molar refractivity (Wildman–Crippen MR) is 102 cm³/mol. The second-order valence-electron chi connectivity index (χ2n) is 7.75. The highest BCUT2D eigenvalue weighted by Crippen LogP contribution is 2.22. The number of urea groups is 1. The van der Waals surface area contributed by atoms with Crippen molar-refractivity contribution in [3.8, 4) is 0 Å². The predicted octanol–water partition coefficient (Wildman–Crippen LogP) is 5.87. The first kappa shape index (κ1) is 22.3. The summed E-state index contributed by atoms with van der Waals surface area (Å²) in [4.78, 5) is 10.6. The third-order valence-electron chi connectivity index (χ3n) is 5.02. The number of nitrogens with one attached hydrogen (secondary N) is 1. The smallest absolute Gasteiger partial charge is 0.312 e. The van der Waals surface area contributed by atoms with Gasteiger partial charge in [-0.25, -0.2) is 4.79 Å². The number of primary amides is 1. The number of hydrogen-bond donors (Lipinski definition) is 2. The number of carbonyl (C=O) groups excluding carboxylic acids is 1. The first-order valence-electron chi connectivity index (χ1n) is 9.99. The number of nitrogens with two attached hydrogens (primary N) is 1. The molecule has 0 aliphatic carbocycles. The number of amides is 2. The zero-order valence-corrected chi connectivity index (χ0v) is 16.2. The molecule has 0 saturated heterocycles. The molecule has 23 heavy (non-hydrogen) atoms. The van der Waals surface area contributed by atoms with Gasteiger partial charge in [-0.1, -0.05) is 91.9 Å². The van der Waals surface area contributed by atoms with Crippen LogP contribution in [0.5, 0.6) is 0 Å². The maximum absolute atomic E-state index is 10.6. The molecule has 0 spiro atoms. The summed E-state index contributed by atoms with van der Waals surface area (Å²) >= 11 is 0. The summed E-state index contributed by atoms with van der Waals surface area (Å²) in [7, 11) is 0. The molecular formula is C20H42N2O.